The lowest BCUT2D eigenvalue weighted by Gasteiger charge is -2.25. The Morgan fingerprint density at radius 2 is 1.61 bits per heavy atom. The van der Waals surface area contributed by atoms with Crippen LogP contribution in [-0.4, -0.2) is 68.7 Å². The Kier molecular flexibility index (Phi) is 10.8. The van der Waals surface area contributed by atoms with Crippen molar-refractivity contribution in [3.05, 3.63) is 23.8 Å². The van der Waals surface area contributed by atoms with Crippen LogP contribution in [0, 0.1) is 0 Å². The number of benzene rings is 1. The summed E-state index contributed by atoms with van der Waals surface area (Å²) in [5.41, 5.74) is 8.90. The van der Waals surface area contributed by atoms with E-state index in [9.17, 15) is 0 Å². The quantitative estimate of drug-likeness (QED) is 0.238. The predicted molar refractivity (Wildman–Crippen MR) is 96.4 cm³/mol. The minimum atomic E-state index is 0.0214. The van der Waals surface area contributed by atoms with Crippen molar-refractivity contribution in [3.8, 4) is 0 Å². The van der Waals surface area contributed by atoms with Crippen LogP contribution in [-0.2, 0) is 15.9 Å². The number of ether oxygens (including phenoxy) is 2. The molecule has 0 aromatic heterocycles. The average molecular weight is 344 g/mol. The van der Waals surface area contributed by atoms with Crippen molar-refractivity contribution in [1.82, 2.24) is 0 Å². The fourth-order valence-electron chi connectivity index (χ4n) is 2.18. The zero-order valence-corrected chi connectivity index (χ0v) is 14.4. The Morgan fingerprint density at radius 1 is 1.00 bits per heavy atom. The van der Waals surface area contributed by atoms with Gasteiger partial charge in [0.2, 0.25) is 0 Å². The maximum Gasteiger partial charge on any atom is 0.0698 e. The van der Waals surface area contributed by atoms with E-state index >= 15 is 0 Å². The van der Waals surface area contributed by atoms with Gasteiger partial charge in [0.1, 0.15) is 0 Å². The van der Waals surface area contributed by atoms with Crippen LogP contribution in [0.15, 0.2) is 18.2 Å². The lowest BCUT2D eigenvalue weighted by atomic mass is 10.1. The van der Waals surface area contributed by atoms with Gasteiger partial charge in [0, 0.05) is 24.5 Å². The van der Waals surface area contributed by atoms with Gasteiger partial charge in [-0.2, -0.15) is 12.6 Å². The number of hydrogen-bond acceptors (Lipinski definition) is 7. The number of anilines is 2. The summed E-state index contributed by atoms with van der Waals surface area (Å²) in [6, 6.07) is 5.96. The summed E-state index contributed by atoms with van der Waals surface area (Å²) in [7, 11) is 0. The van der Waals surface area contributed by atoms with Gasteiger partial charge in [-0.3, -0.25) is 0 Å². The van der Waals surface area contributed by atoms with Crippen molar-refractivity contribution in [2.24, 2.45) is 0 Å². The van der Waals surface area contributed by atoms with Crippen LogP contribution in [0.25, 0.3) is 0 Å². The highest BCUT2D eigenvalue weighted by Crippen LogP contribution is 2.22. The minimum absolute atomic E-state index is 0.0214. The highest BCUT2D eigenvalue weighted by atomic mass is 32.1. The average Bonchev–Trinajstić information content (AvgIpc) is 2.56. The molecule has 132 valence electrons. The van der Waals surface area contributed by atoms with E-state index < -0.39 is 0 Å². The second kappa shape index (κ2) is 12.4. The number of aliphatic hydroxyl groups is 2. The highest BCUT2D eigenvalue weighted by molar-refractivity contribution is 7.80. The van der Waals surface area contributed by atoms with E-state index in [0.29, 0.717) is 39.5 Å². The maximum absolute atomic E-state index is 8.77. The molecule has 0 aliphatic heterocycles. The molecule has 1 aromatic carbocycles. The Hall–Kier alpha value is -0.990. The lowest BCUT2D eigenvalue weighted by Crippen LogP contribution is -2.31. The largest absolute Gasteiger partial charge is 0.399 e. The first-order valence-corrected chi connectivity index (χ1v) is 8.47. The lowest BCUT2D eigenvalue weighted by molar-refractivity contribution is 0.0884. The van der Waals surface area contributed by atoms with Crippen LogP contribution >= 0.6 is 12.6 Å². The number of nitrogen functional groups attached to an aromatic ring is 1. The number of nitrogens with zero attached hydrogens (tertiary/aromatic N) is 1. The monoisotopic (exact) mass is 344 g/mol. The zero-order chi connectivity index (χ0) is 16.9. The van der Waals surface area contributed by atoms with Gasteiger partial charge in [-0.1, -0.05) is 0 Å². The van der Waals surface area contributed by atoms with E-state index in [1.807, 2.05) is 12.1 Å². The number of hydrogen-bond donors (Lipinski definition) is 4. The SMILES string of the molecule is Nc1ccc(N(CCOCCO)CCOCCO)cc1CCS. The third-order valence-corrected chi connectivity index (χ3v) is 3.58. The minimum Gasteiger partial charge on any atom is -0.399 e. The maximum atomic E-state index is 8.77. The van der Waals surface area contributed by atoms with Crippen LogP contribution in [0.4, 0.5) is 11.4 Å². The molecule has 0 saturated heterocycles. The summed E-state index contributed by atoms with van der Waals surface area (Å²) in [5, 5.41) is 17.5. The van der Waals surface area contributed by atoms with Crippen molar-refractivity contribution in [2.75, 3.05) is 69.1 Å². The van der Waals surface area contributed by atoms with Crippen molar-refractivity contribution in [1.29, 1.82) is 0 Å². The first kappa shape index (κ1) is 20.1. The van der Waals surface area contributed by atoms with Crippen LogP contribution in [0.3, 0.4) is 0 Å². The molecule has 1 aromatic rings. The number of nitrogens with two attached hydrogens (primary N) is 1. The third kappa shape index (κ3) is 7.90. The van der Waals surface area contributed by atoms with E-state index in [1.54, 1.807) is 0 Å². The molecule has 0 unspecified atom stereocenters. The van der Waals surface area contributed by atoms with Gasteiger partial charge in [0.25, 0.3) is 0 Å². The van der Waals surface area contributed by atoms with Gasteiger partial charge in [0.15, 0.2) is 0 Å². The van der Waals surface area contributed by atoms with Crippen LogP contribution in [0.2, 0.25) is 0 Å². The van der Waals surface area contributed by atoms with E-state index in [2.05, 4.69) is 23.6 Å². The van der Waals surface area contributed by atoms with Gasteiger partial charge in [0.05, 0.1) is 39.6 Å². The Labute approximate surface area is 143 Å². The summed E-state index contributed by atoms with van der Waals surface area (Å²) in [4.78, 5) is 2.15. The highest BCUT2D eigenvalue weighted by Gasteiger charge is 2.09. The fraction of sp³-hybridized carbons (Fsp3) is 0.625. The molecule has 4 N–H and O–H groups in total. The molecule has 0 aliphatic carbocycles. The standard InChI is InChI=1S/C16H28N2O4S/c17-16-2-1-15(13-14(16)3-12-23)18(4-8-21-10-6-19)5-9-22-11-7-20/h1-2,13,19-20,23H,3-12,17H2. The summed E-state index contributed by atoms with van der Waals surface area (Å²) in [6.45, 7) is 3.13. The van der Waals surface area contributed by atoms with Gasteiger partial charge >= 0.3 is 0 Å². The molecule has 0 fully saturated rings. The second-order valence-electron chi connectivity index (χ2n) is 5.02. The molecule has 23 heavy (non-hydrogen) atoms. The first-order chi connectivity index (χ1) is 11.2. The molecular weight excluding hydrogens is 316 g/mol. The van der Waals surface area contributed by atoms with Gasteiger partial charge in [-0.15, -0.1) is 0 Å². The predicted octanol–water partition coefficient (Wildman–Crippen LogP) is 0.565. The summed E-state index contributed by atoms with van der Waals surface area (Å²) in [5.74, 6) is 0.743. The Bertz CT molecular complexity index is 423. The van der Waals surface area contributed by atoms with E-state index in [-0.39, 0.29) is 13.2 Å². The van der Waals surface area contributed by atoms with Crippen LogP contribution in [0.5, 0.6) is 0 Å². The van der Waals surface area contributed by atoms with Crippen molar-refractivity contribution in [3.63, 3.8) is 0 Å². The van der Waals surface area contributed by atoms with Gasteiger partial charge in [-0.25, -0.2) is 0 Å². The molecule has 0 spiro atoms. The summed E-state index contributed by atoms with van der Waals surface area (Å²) >= 11 is 4.27. The number of thiol groups is 1. The molecule has 0 atom stereocenters. The van der Waals surface area contributed by atoms with Gasteiger partial charge in [-0.05, 0) is 35.9 Å². The smallest absolute Gasteiger partial charge is 0.0698 e. The molecule has 1 rings (SSSR count). The number of rotatable bonds is 13. The molecule has 0 amide bonds. The topological polar surface area (TPSA) is 88.2 Å². The Balaban J connectivity index is 2.69. The second-order valence-corrected chi connectivity index (χ2v) is 5.46. The molecular formula is C16H28N2O4S. The molecule has 0 saturated carbocycles. The first-order valence-electron chi connectivity index (χ1n) is 7.84. The van der Waals surface area contributed by atoms with Crippen LogP contribution < -0.4 is 10.6 Å². The normalized spacial score (nSPS) is 10.9. The van der Waals surface area contributed by atoms with E-state index in [1.165, 1.54) is 0 Å². The molecule has 0 aliphatic rings. The third-order valence-electron chi connectivity index (χ3n) is 3.36. The number of aliphatic hydroxyl groups excluding tert-OH is 2. The summed E-state index contributed by atoms with van der Waals surface area (Å²) < 4.78 is 10.7. The molecule has 0 heterocycles. The number of aryl methyl sites for hydroxylation is 1. The van der Waals surface area contributed by atoms with Gasteiger partial charge < -0.3 is 30.3 Å². The molecule has 6 nitrogen and oxygen atoms in total. The molecule has 0 bridgehead atoms. The van der Waals surface area contributed by atoms with Crippen LogP contribution in [0.1, 0.15) is 5.56 Å². The zero-order valence-electron chi connectivity index (χ0n) is 13.5. The van der Waals surface area contributed by atoms with E-state index in [4.69, 9.17) is 25.4 Å². The Morgan fingerprint density at radius 3 is 2.13 bits per heavy atom. The van der Waals surface area contributed by atoms with Crippen molar-refractivity contribution >= 4 is 24.0 Å². The van der Waals surface area contributed by atoms with E-state index in [0.717, 1.165) is 29.1 Å². The molecule has 7 heteroatoms. The fourth-order valence-corrected chi connectivity index (χ4v) is 2.42. The van der Waals surface area contributed by atoms with Crippen molar-refractivity contribution in [2.45, 2.75) is 6.42 Å². The van der Waals surface area contributed by atoms with Crippen molar-refractivity contribution < 1.29 is 19.7 Å². The summed E-state index contributed by atoms with van der Waals surface area (Å²) in [6.07, 6.45) is 0.818. The molecule has 0 radical (unpaired) electrons.